The third-order valence-corrected chi connectivity index (χ3v) is 5.37. The van der Waals surface area contributed by atoms with Crippen molar-refractivity contribution in [3.8, 4) is 11.6 Å². The fourth-order valence-electron chi connectivity index (χ4n) is 3.49. The third kappa shape index (κ3) is 3.55. The summed E-state index contributed by atoms with van der Waals surface area (Å²) in [5.74, 6) is 0.244. The predicted octanol–water partition coefficient (Wildman–Crippen LogP) is 2.65. The molecule has 2 amide bonds. The Morgan fingerprint density at radius 3 is 2.75 bits per heavy atom. The van der Waals surface area contributed by atoms with Crippen LogP contribution >= 0.6 is 11.6 Å². The average Bonchev–Trinajstić information content (AvgIpc) is 2.83. The molecule has 0 unspecified atom stereocenters. The monoisotopic (exact) mass is 400 g/mol. The molecule has 0 radical (unpaired) electrons. The number of anilines is 1. The smallest absolute Gasteiger partial charge is 0.264 e. The summed E-state index contributed by atoms with van der Waals surface area (Å²) in [5, 5.41) is 0.461. The Morgan fingerprint density at radius 2 is 2.00 bits per heavy atom. The lowest BCUT2D eigenvalue weighted by Gasteiger charge is -2.35. The number of aromatic nitrogens is 1. The first-order valence-corrected chi connectivity index (χ1v) is 9.69. The Labute approximate surface area is 168 Å². The Balaban J connectivity index is 1.64. The molecule has 4 rings (SSSR count). The van der Waals surface area contributed by atoms with Gasteiger partial charge in [-0.3, -0.25) is 14.5 Å². The lowest BCUT2D eigenvalue weighted by atomic mass is 10.2. The van der Waals surface area contributed by atoms with E-state index in [-0.39, 0.29) is 24.2 Å². The van der Waals surface area contributed by atoms with Gasteiger partial charge < -0.3 is 14.5 Å². The van der Waals surface area contributed by atoms with Gasteiger partial charge in [0, 0.05) is 37.4 Å². The van der Waals surface area contributed by atoms with Gasteiger partial charge in [0.15, 0.2) is 5.75 Å². The molecule has 1 fully saturated rings. The van der Waals surface area contributed by atoms with Crippen molar-refractivity contribution < 1.29 is 14.3 Å². The molecular weight excluding hydrogens is 380 g/mol. The zero-order valence-corrected chi connectivity index (χ0v) is 16.4. The van der Waals surface area contributed by atoms with E-state index in [9.17, 15) is 9.59 Å². The van der Waals surface area contributed by atoms with E-state index in [4.69, 9.17) is 16.3 Å². The lowest BCUT2D eigenvalue weighted by molar-refractivity contribution is -0.131. The molecule has 2 aromatic rings. The molecule has 2 aliphatic heterocycles. The number of amides is 2. The Bertz CT molecular complexity index is 912. The first-order valence-electron chi connectivity index (χ1n) is 9.31. The molecule has 28 heavy (non-hydrogen) atoms. The number of halogens is 1. The molecule has 2 aliphatic rings. The van der Waals surface area contributed by atoms with Crippen molar-refractivity contribution in [2.45, 2.75) is 6.92 Å². The Hall–Kier alpha value is -2.64. The van der Waals surface area contributed by atoms with Crippen LogP contribution in [0, 0.1) is 0 Å². The quantitative estimate of drug-likeness (QED) is 0.792. The second kappa shape index (κ2) is 7.77. The number of fused-ring (bicyclic) bond motifs is 2. The molecule has 7 nitrogen and oxygen atoms in total. The van der Waals surface area contributed by atoms with Crippen LogP contribution in [0.2, 0.25) is 5.02 Å². The molecule has 0 N–H and O–H groups in total. The number of piperazine rings is 1. The van der Waals surface area contributed by atoms with Gasteiger partial charge in [0.2, 0.25) is 11.8 Å². The van der Waals surface area contributed by atoms with Crippen LogP contribution in [0.3, 0.4) is 0 Å². The van der Waals surface area contributed by atoms with Gasteiger partial charge in [0.1, 0.15) is 12.1 Å². The molecule has 1 aromatic heterocycles. The highest BCUT2D eigenvalue weighted by Gasteiger charge is 2.32. The number of likely N-dealkylation sites (N-methyl/N-ethyl adjacent to an activating group) is 1. The van der Waals surface area contributed by atoms with Crippen LogP contribution in [0.1, 0.15) is 17.3 Å². The lowest BCUT2D eigenvalue weighted by Crippen LogP contribution is -2.51. The van der Waals surface area contributed by atoms with Gasteiger partial charge in [0.25, 0.3) is 5.91 Å². The SMILES string of the molecule is CCN1CCN(C(=O)CN2C(=O)c3cccnc3Oc3ccc(Cl)cc32)CC1. The number of carbonyl (C=O) groups excluding carboxylic acids is 2. The first-order chi connectivity index (χ1) is 13.6. The fraction of sp³-hybridized carbons (Fsp3) is 0.350. The maximum Gasteiger partial charge on any atom is 0.264 e. The minimum atomic E-state index is -0.329. The van der Waals surface area contributed by atoms with Gasteiger partial charge in [-0.05, 0) is 36.9 Å². The van der Waals surface area contributed by atoms with Gasteiger partial charge in [-0.15, -0.1) is 0 Å². The first kappa shape index (κ1) is 18.7. The predicted molar refractivity (Wildman–Crippen MR) is 106 cm³/mol. The van der Waals surface area contributed by atoms with E-state index in [1.165, 1.54) is 4.90 Å². The highest BCUT2D eigenvalue weighted by molar-refractivity contribution is 6.31. The Kier molecular flexibility index (Phi) is 5.19. The molecule has 0 spiro atoms. The summed E-state index contributed by atoms with van der Waals surface area (Å²) in [6.07, 6.45) is 1.57. The topological polar surface area (TPSA) is 66.0 Å². The maximum absolute atomic E-state index is 13.2. The number of nitrogens with zero attached hydrogens (tertiary/aromatic N) is 4. The molecule has 0 bridgehead atoms. The third-order valence-electron chi connectivity index (χ3n) is 5.13. The van der Waals surface area contributed by atoms with Crippen LogP contribution in [0.4, 0.5) is 5.69 Å². The number of hydrogen-bond donors (Lipinski definition) is 0. The second-order valence-corrected chi connectivity index (χ2v) is 7.21. The number of rotatable bonds is 3. The number of pyridine rings is 1. The molecule has 3 heterocycles. The Morgan fingerprint density at radius 1 is 1.21 bits per heavy atom. The van der Waals surface area contributed by atoms with E-state index < -0.39 is 0 Å². The molecule has 146 valence electrons. The summed E-state index contributed by atoms with van der Waals surface area (Å²) < 4.78 is 5.85. The standard InChI is InChI=1S/C20H21ClN4O3/c1-2-23-8-10-24(11-9-23)18(26)13-25-16-12-14(21)5-6-17(16)28-19-15(20(25)27)4-3-7-22-19/h3-7,12H,2,8-11,13H2,1H3. The number of carbonyl (C=O) groups is 2. The van der Waals surface area contributed by atoms with Crippen molar-refractivity contribution in [3.05, 3.63) is 47.1 Å². The van der Waals surface area contributed by atoms with Gasteiger partial charge in [-0.25, -0.2) is 4.98 Å². The molecule has 0 saturated carbocycles. The van der Waals surface area contributed by atoms with Gasteiger partial charge in [-0.1, -0.05) is 18.5 Å². The fourth-order valence-corrected chi connectivity index (χ4v) is 3.65. The van der Waals surface area contributed by atoms with Crippen molar-refractivity contribution in [2.24, 2.45) is 0 Å². The summed E-state index contributed by atoms with van der Waals surface area (Å²) in [5.41, 5.74) is 0.787. The van der Waals surface area contributed by atoms with Crippen molar-refractivity contribution in [1.82, 2.24) is 14.8 Å². The molecular formula is C20H21ClN4O3. The molecule has 8 heteroatoms. The highest BCUT2D eigenvalue weighted by atomic mass is 35.5. The van der Waals surface area contributed by atoms with Gasteiger partial charge >= 0.3 is 0 Å². The van der Waals surface area contributed by atoms with Crippen molar-refractivity contribution >= 4 is 29.1 Å². The normalized spacial score (nSPS) is 16.9. The summed E-state index contributed by atoms with van der Waals surface area (Å²) in [7, 11) is 0. The number of benzene rings is 1. The van der Waals surface area contributed by atoms with E-state index in [1.807, 2.05) is 0 Å². The molecule has 1 aromatic carbocycles. The van der Waals surface area contributed by atoms with Crippen LogP contribution < -0.4 is 9.64 Å². The summed E-state index contributed by atoms with van der Waals surface area (Å²) in [6, 6.07) is 8.33. The zero-order valence-electron chi connectivity index (χ0n) is 15.6. The van der Waals surface area contributed by atoms with Crippen LogP contribution in [-0.2, 0) is 4.79 Å². The van der Waals surface area contributed by atoms with Crippen LogP contribution in [0.5, 0.6) is 11.6 Å². The summed E-state index contributed by atoms with van der Waals surface area (Å²) in [6.45, 7) is 6.01. The summed E-state index contributed by atoms with van der Waals surface area (Å²) in [4.78, 5) is 35.9. The number of ether oxygens (including phenoxy) is 1. The van der Waals surface area contributed by atoms with Gasteiger partial charge in [0.05, 0.1) is 5.69 Å². The minimum absolute atomic E-state index is 0.0734. The largest absolute Gasteiger partial charge is 0.436 e. The van der Waals surface area contributed by atoms with Gasteiger partial charge in [-0.2, -0.15) is 0 Å². The molecule has 0 aliphatic carbocycles. The maximum atomic E-state index is 13.2. The van der Waals surface area contributed by atoms with E-state index in [2.05, 4.69) is 16.8 Å². The van der Waals surface area contributed by atoms with Crippen LogP contribution in [0.25, 0.3) is 0 Å². The van der Waals surface area contributed by atoms with E-state index in [1.54, 1.807) is 41.4 Å². The minimum Gasteiger partial charge on any atom is -0.436 e. The average molecular weight is 401 g/mol. The molecule has 1 saturated heterocycles. The van der Waals surface area contributed by atoms with E-state index >= 15 is 0 Å². The van der Waals surface area contributed by atoms with E-state index in [0.29, 0.717) is 35.1 Å². The second-order valence-electron chi connectivity index (χ2n) is 6.78. The zero-order chi connectivity index (χ0) is 19.7. The highest BCUT2D eigenvalue weighted by Crippen LogP contribution is 2.39. The summed E-state index contributed by atoms with van der Waals surface area (Å²) >= 11 is 6.16. The van der Waals surface area contributed by atoms with E-state index in [0.717, 1.165) is 19.6 Å². The van der Waals surface area contributed by atoms with Crippen molar-refractivity contribution in [1.29, 1.82) is 0 Å². The van der Waals surface area contributed by atoms with Crippen LogP contribution in [0.15, 0.2) is 36.5 Å². The van der Waals surface area contributed by atoms with Crippen LogP contribution in [-0.4, -0.2) is 65.9 Å². The van der Waals surface area contributed by atoms with Crippen molar-refractivity contribution in [2.75, 3.05) is 44.2 Å². The molecule has 0 atom stereocenters. The van der Waals surface area contributed by atoms with Crippen molar-refractivity contribution in [3.63, 3.8) is 0 Å². The number of hydrogen-bond acceptors (Lipinski definition) is 5.